The van der Waals surface area contributed by atoms with Crippen molar-refractivity contribution < 1.29 is 12.3 Å². The summed E-state index contributed by atoms with van der Waals surface area (Å²) in [5, 5.41) is 1.64. The molecule has 13 heteroatoms. The van der Waals surface area contributed by atoms with Crippen LogP contribution in [0.5, 0.6) is 0 Å². The summed E-state index contributed by atoms with van der Waals surface area (Å²) >= 11 is 0. The maximum atomic E-state index is 7.06. The molecule has 4 atom stereocenters. The molecule has 0 spiro atoms. The van der Waals surface area contributed by atoms with Gasteiger partial charge in [-0.15, -0.1) is 0 Å². The van der Waals surface area contributed by atoms with Crippen LogP contribution in [0.4, 0.5) is 22.7 Å². The Morgan fingerprint density at radius 2 is 0.757 bits per heavy atom. The minimum absolute atomic E-state index is 0.359. The van der Waals surface area contributed by atoms with Crippen molar-refractivity contribution >= 4 is 64.4 Å². The SMILES string of the molecule is CC1N(C)C=CN1CN1C=CN(C)C1C.CC1N(C)c2ccccc2N1CN1c2ccccc2N(C)C1C.C[P+](C)(C)C.C[P+](C)(C)C.C[P+](C)(C)C.C[P+]1(c2ccccc2)CCCC1.[2H]C([2H])([2H])[P+](C)(C([2H])([2H])[2H])C([2H])([2H])[2H]. The minimum Gasteiger partial charge on any atom is -0.359 e. The second-order valence-electron chi connectivity index (χ2n) is 23.8. The Morgan fingerprint density at radius 3 is 1.04 bits per heavy atom. The van der Waals surface area contributed by atoms with Crippen molar-refractivity contribution in [3.8, 4) is 0 Å². The number of fused-ring (bicyclic) bond motifs is 2. The van der Waals surface area contributed by atoms with E-state index in [1.54, 1.807) is 5.30 Å². The zero-order chi connectivity index (χ0) is 61.1. The molecule has 0 saturated carbocycles. The van der Waals surface area contributed by atoms with Crippen LogP contribution in [0, 0.1) is 0 Å². The predicted octanol–water partition coefficient (Wildman–Crippen LogP) is 13.5. The van der Waals surface area contributed by atoms with E-state index in [0.717, 1.165) is 20.0 Å². The molecule has 5 heterocycles. The number of hydrogen-bond acceptors (Lipinski definition) is 8. The molecule has 0 amide bonds. The normalized spacial score (nSPS) is 23.3. The van der Waals surface area contributed by atoms with Crippen molar-refractivity contribution in [3.05, 3.63) is 104 Å². The van der Waals surface area contributed by atoms with Crippen LogP contribution >= 0.6 is 36.3 Å². The summed E-state index contributed by atoms with van der Waals surface area (Å²) in [4.78, 5) is 18.8. The van der Waals surface area contributed by atoms with Crippen LogP contribution in [0.25, 0.3) is 0 Å². The first-order chi connectivity index (χ1) is 35.7. The average molecular weight is 1070 g/mol. The summed E-state index contributed by atoms with van der Waals surface area (Å²) in [5.41, 5.74) is 5.27. The lowest BCUT2D eigenvalue weighted by Crippen LogP contribution is -2.49. The van der Waals surface area contributed by atoms with Crippen LogP contribution < -0.4 is 24.9 Å². The number of hydrogen-bond donors (Lipinski definition) is 0. The fourth-order valence-corrected chi connectivity index (χ4v) is 11.2. The molecule has 3 aromatic carbocycles. The highest BCUT2D eigenvalue weighted by molar-refractivity contribution is 7.82. The van der Waals surface area contributed by atoms with Gasteiger partial charge in [0, 0.05) is 196 Å². The van der Waals surface area contributed by atoms with Gasteiger partial charge in [-0.05, 0) is 76.9 Å². The maximum Gasteiger partial charge on any atom is 0.100 e. The number of anilines is 4. The average Bonchev–Trinajstić information content (AvgIpc) is 4.09. The lowest BCUT2D eigenvalue weighted by molar-refractivity contribution is 0.0924. The summed E-state index contributed by atoms with van der Waals surface area (Å²) < 4.78 is 63.5. The number of para-hydroxylation sites is 4. The van der Waals surface area contributed by atoms with Gasteiger partial charge in [0.1, 0.15) is 12.3 Å². The Labute approximate surface area is 450 Å². The monoisotopic (exact) mass is 1070 g/mol. The van der Waals surface area contributed by atoms with Crippen molar-refractivity contribution in [3.63, 3.8) is 0 Å². The highest BCUT2D eigenvalue weighted by atomic mass is 31.2. The second-order valence-corrected chi connectivity index (χ2v) is 46.2. The summed E-state index contributed by atoms with van der Waals surface area (Å²) in [7, 11) is 2.71. The largest absolute Gasteiger partial charge is 0.359 e. The van der Waals surface area contributed by atoms with E-state index in [1.807, 2.05) is 0 Å². The van der Waals surface area contributed by atoms with E-state index in [4.69, 9.17) is 12.3 Å². The van der Waals surface area contributed by atoms with E-state index < -0.39 is 34.3 Å². The first-order valence-electron chi connectivity index (χ1n) is 29.4. The molecular weight excluding hydrogens is 952 g/mol. The third-order valence-corrected chi connectivity index (χ3v) is 16.0. The van der Waals surface area contributed by atoms with Gasteiger partial charge in [0.05, 0.1) is 85.0 Å². The molecular formula is C57H108N8P5+5. The topological polar surface area (TPSA) is 25.9 Å². The standard InChI is InChI=1S/C19H24N4.C11H20N4.C11H16P.4C4H12P/c1-14-20(3)16-9-5-7-11-18(16)22(14)13-23-15(2)21(4)17-10-6-8-12-19(17)23;1-10-12(3)5-7-14(10)9-15-8-6-13(4)11(15)2;1-12(9-5-6-10-12)11-7-3-2-4-8-11;4*1-5(2,3)4/h5-12,14-15H,13H2,1-4H3;5-8,10-11H,9H2,1-4H3;2-4,7-8H,5-6,9-10H2,1H3;4*1-4H3/q;;5*+1/i;;;1D3,2D3,3D3;;;. The Bertz CT molecular complexity index is 2180. The lowest BCUT2D eigenvalue weighted by Gasteiger charge is -2.35. The van der Waals surface area contributed by atoms with Crippen LogP contribution in [0.3, 0.4) is 0 Å². The van der Waals surface area contributed by atoms with Gasteiger partial charge in [-0.3, -0.25) is 0 Å². The van der Waals surface area contributed by atoms with E-state index >= 15 is 0 Å². The summed E-state index contributed by atoms with van der Waals surface area (Å²) in [6.07, 6.45) is 16.1. The van der Waals surface area contributed by atoms with Gasteiger partial charge >= 0.3 is 0 Å². The minimum atomic E-state index is -4.02. The number of rotatable bonds is 5. The zero-order valence-electron chi connectivity index (χ0n) is 57.2. The van der Waals surface area contributed by atoms with Crippen LogP contribution in [0.15, 0.2) is 104 Å². The van der Waals surface area contributed by atoms with Gasteiger partial charge in [0.15, 0.2) is 0 Å². The molecule has 8 nitrogen and oxygen atoms in total. The molecule has 5 aliphatic heterocycles. The lowest BCUT2D eigenvalue weighted by atomic mass is 10.2. The number of benzene rings is 3. The maximum absolute atomic E-state index is 7.06. The molecule has 1 saturated heterocycles. The van der Waals surface area contributed by atoms with E-state index in [2.05, 4.69) is 285 Å². The molecule has 0 N–H and O–H groups in total. The Hall–Kier alpha value is -2.31. The van der Waals surface area contributed by atoms with Crippen LogP contribution in [-0.4, -0.2) is 211 Å². The summed E-state index contributed by atoms with van der Waals surface area (Å²) in [5.74, 6) is 0. The highest BCUT2D eigenvalue weighted by Crippen LogP contribution is 2.59. The quantitative estimate of drug-likeness (QED) is 0.233. The Morgan fingerprint density at radius 1 is 0.443 bits per heavy atom. The van der Waals surface area contributed by atoms with Crippen molar-refractivity contribution in [1.29, 1.82) is 0 Å². The molecule has 396 valence electrons. The van der Waals surface area contributed by atoms with E-state index in [1.165, 1.54) is 47.9 Å². The van der Waals surface area contributed by atoms with Crippen LogP contribution in [-0.2, 0) is 0 Å². The molecule has 8 rings (SSSR count). The first-order valence-corrected chi connectivity index (χ1v) is 40.5. The second kappa shape index (κ2) is 27.8. The molecule has 0 aliphatic carbocycles. The van der Waals surface area contributed by atoms with E-state index in [9.17, 15) is 0 Å². The van der Waals surface area contributed by atoms with Gasteiger partial charge in [-0.2, -0.15) is 0 Å². The smallest absolute Gasteiger partial charge is 0.100 e. The molecule has 5 aliphatic rings. The Kier molecular flexibility index (Phi) is 19.8. The molecule has 3 aromatic rings. The third kappa shape index (κ3) is 23.3. The molecule has 0 bridgehead atoms. The Balaban J connectivity index is 0.000000339. The van der Waals surface area contributed by atoms with Crippen molar-refractivity contribution in [2.45, 2.75) is 65.2 Å². The fourth-order valence-electron chi connectivity index (χ4n) is 7.73. The van der Waals surface area contributed by atoms with Gasteiger partial charge in [0.25, 0.3) is 0 Å². The third-order valence-electron chi connectivity index (χ3n) is 11.9. The molecule has 0 radical (unpaired) electrons. The van der Waals surface area contributed by atoms with Crippen molar-refractivity contribution in [2.75, 3.05) is 187 Å². The predicted molar refractivity (Wildman–Crippen MR) is 340 cm³/mol. The van der Waals surface area contributed by atoms with E-state index in [0.29, 0.717) is 24.7 Å². The van der Waals surface area contributed by atoms with Gasteiger partial charge in [-0.25, -0.2) is 0 Å². The van der Waals surface area contributed by atoms with Crippen LogP contribution in [0.1, 0.15) is 52.9 Å². The summed E-state index contributed by atoms with van der Waals surface area (Å²) in [6.45, 7) is 33.0. The van der Waals surface area contributed by atoms with Crippen molar-refractivity contribution in [1.82, 2.24) is 19.6 Å². The van der Waals surface area contributed by atoms with Crippen molar-refractivity contribution in [2.24, 2.45) is 0 Å². The molecule has 1 fully saturated rings. The zero-order valence-corrected chi connectivity index (χ0v) is 52.7. The number of nitrogens with zero attached hydrogens (tertiary/aromatic N) is 8. The first kappa shape index (κ1) is 49.9. The van der Waals surface area contributed by atoms with Gasteiger partial charge in [-0.1, -0.05) is 42.5 Å². The molecule has 0 aromatic heterocycles. The van der Waals surface area contributed by atoms with Gasteiger partial charge in [0.2, 0.25) is 0 Å². The van der Waals surface area contributed by atoms with Gasteiger partial charge < -0.3 is 39.2 Å². The molecule has 70 heavy (non-hydrogen) atoms. The summed E-state index contributed by atoms with van der Waals surface area (Å²) in [6, 6.07) is 28.5. The van der Waals surface area contributed by atoms with E-state index in [-0.39, 0.29) is 21.8 Å². The fraction of sp³-hybridized carbons (Fsp3) is 0.614. The van der Waals surface area contributed by atoms with Crippen LogP contribution in [0.2, 0.25) is 0 Å². The molecule has 4 unspecified atom stereocenters. The highest BCUT2D eigenvalue weighted by Gasteiger charge is 2.38.